The minimum absolute atomic E-state index is 0.0634. The van der Waals surface area contributed by atoms with Crippen LogP contribution in [0.4, 0.5) is 13.2 Å². The summed E-state index contributed by atoms with van der Waals surface area (Å²) in [6.07, 6.45) is -1.04. The minimum Gasteiger partial charge on any atom is -0.334 e. The van der Waals surface area contributed by atoms with E-state index in [0.29, 0.717) is 19.1 Å². The molecule has 1 aromatic heterocycles. The zero-order valence-corrected chi connectivity index (χ0v) is 14.0. The maximum atomic E-state index is 13.2. The number of rotatable bonds is 2. The Hall–Kier alpha value is -2.42. The summed E-state index contributed by atoms with van der Waals surface area (Å²) in [6, 6.07) is 5.47. The van der Waals surface area contributed by atoms with Crippen LogP contribution in [0.1, 0.15) is 28.9 Å². The van der Waals surface area contributed by atoms with Crippen LogP contribution in [0.2, 0.25) is 0 Å². The molecule has 4 rings (SSSR count). The summed E-state index contributed by atoms with van der Waals surface area (Å²) in [4.78, 5) is 16.8. The largest absolute Gasteiger partial charge is 0.418 e. The number of fused-ring (bicyclic) bond motifs is 1. The molecular formula is C17H18F3N5O. The summed E-state index contributed by atoms with van der Waals surface area (Å²) >= 11 is 0. The van der Waals surface area contributed by atoms with Gasteiger partial charge in [-0.25, -0.2) is 4.68 Å². The first-order valence-corrected chi connectivity index (χ1v) is 8.56. The zero-order valence-electron chi connectivity index (χ0n) is 14.0. The Morgan fingerprint density at radius 3 is 2.77 bits per heavy atom. The van der Waals surface area contributed by atoms with E-state index in [0.717, 1.165) is 36.7 Å². The second-order valence-electron chi connectivity index (χ2n) is 6.65. The second-order valence-corrected chi connectivity index (χ2v) is 6.65. The van der Waals surface area contributed by atoms with Gasteiger partial charge in [-0.3, -0.25) is 9.69 Å². The summed E-state index contributed by atoms with van der Waals surface area (Å²) in [5.41, 5.74) is -0.899. The van der Waals surface area contributed by atoms with Crippen LogP contribution in [0, 0.1) is 0 Å². The topological polar surface area (TPSA) is 54.3 Å². The number of nitrogens with zero attached hydrogens (tertiary/aromatic N) is 5. The Bertz CT molecular complexity index is 819. The number of piperazine rings is 1. The Kier molecular flexibility index (Phi) is 4.18. The van der Waals surface area contributed by atoms with Gasteiger partial charge in [0.15, 0.2) is 5.69 Å². The smallest absolute Gasteiger partial charge is 0.334 e. The van der Waals surface area contributed by atoms with Gasteiger partial charge in [0.25, 0.3) is 5.91 Å². The number of aromatic nitrogens is 3. The molecule has 0 spiro atoms. The maximum absolute atomic E-state index is 13.2. The van der Waals surface area contributed by atoms with Gasteiger partial charge in [0.05, 0.1) is 17.4 Å². The van der Waals surface area contributed by atoms with Crippen LogP contribution in [0.15, 0.2) is 30.5 Å². The molecular weight excluding hydrogens is 347 g/mol. The summed E-state index contributed by atoms with van der Waals surface area (Å²) in [6.45, 7) is 3.12. The third kappa shape index (κ3) is 3.07. The molecule has 2 fully saturated rings. The van der Waals surface area contributed by atoms with E-state index in [1.165, 1.54) is 24.4 Å². The standard InChI is InChI=1S/C17H18F3N5O/c18-17(19,20)13-5-1-2-6-15(13)25-11-14(21-22-25)16(26)24-9-8-23-7-3-4-12(23)10-24/h1-2,5-6,11-12H,3-4,7-10H2. The van der Waals surface area contributed by atoms with E-state index in [1.807, 2.05) is 0 Å². The summed E-state index contributed by atoms with van der Waals surface area (Å²) < 4.78 is 40.5. The number of carbonyl (C=O) groups excluding carboxylic acids is 1. The lowest BCUT2D eigenvalue weighted by Gasteiger charge is -2.37. The van der Waals surface area contributed by atoms with Crippen molar-refractivity contribution in [1.82, 2.24) is 24.8 Å². The number of hydrogen-bond donors (Lipinski definition) is 0. The van der Waals surface area contributed by atoms with Crippen LogP contribution < -0.4 is 0 Å². The van der Waals surface area contributed by atoms with Gasteiger partial charge in [-0.1, -0.05) is 17.3 Å². The van der Waals surface area contributed by atoms with Crippen LogP contribution >= 0.6 is 0 Å². The number of para-hydroxylation sites is 1. The molecule has 0 saturated carbocycles. The average molecular weight is 365 g/mol. The van der Waals surface area contributed by atoms with Crippen molar-refractivity contribution < 1.29 is 18.0 Å². The predicted octanol–water partition coefficient (Wildman–Crippen LogP) is 2.21. The highest BCUT2D eigenvalue weighted by molar-refractivity contribution is 5.92. The third-order valence-electron chi connectivity index (χ3n) is 5.04. The molecule has 0 aliphatic carbocycles. The van der Waals surface area contributed by atoms with E-state index in [-0.39, 0.29) is 17.3 Å². The molecule has 138 valence electrons. The SMILES string of the molecule is O=C(c1cn(-c2ccccc2C(F)(F)F)nn1)N1CCN2CCCC2C1. The second kappa shape index (κ2) is 6.39. The van der Waals surface area contributed by atoms with Gasteiger partial charge >= 0.3 is 6.18 Å². The van der Waals surface area contributed by atoms with Crippen LogP contribution in [0.3, 0.4) is 0 Å². The van der Waals surface area contributed by atoms with Gasteiger partial charge in [0.2, 0.25) is 0 Å². The Morgan fingerprint density at radius 1 is 1.15 bits per heavy atom. The first-order chi connectivity index (χ1) is 12.4. The fraction of sp³-hybridized carbons (Fsp3) is 0.471. The Morgan fingerprint density at radius 2 is 1.96 bits per heavy atom. The lowest BCUT2D eigenvalue weighted by atomic mass is 10.1. The van der Waals surface area contributed by atoms with Gasteiger partial charge in [-0.15, -0.1) is 5.10 Å². The third-order valence-corrected chi connectivity index (χ3v) is 5.04. The molecule has 0 N–H and O–H groups in total. The first kappa shape index (κ1) is 17.0. The van der Waals surface area contributed by atoms with Gasteiger partial charge in [-0.2, -0.15) is 13.2 Å². The normalized spacial score (nSPS) is 21.0. The number of alkyl halides is 3. The van der Waals surface area contributed by atoms with Crippen molar-refractivity contribution >= 4 is 5.91 Å². The van der Waals surface area contributed by atoms with Crippen molar-refractivity contribution in [1.29, 1.82) is 0 Å². The Balaban J connectivity index is 1.56. The molecule has 9 heteroatoms. The van der Waals surface area contributed by atoms with Crippen LogP contribution in [0.25, 0.3) is 5.69 Å². The first-order valence-electron chi connectivity index (χ1n) is 8.56. The lowest BCUT2D eigenvalue weighted by molar-refractivity contribution is -0.137. The molecule has 0 radical (unpaired) electrons. The highest BCUT2D eigenvalue weighted by Gasteiger charge is 2.35. The molecule has 2 saturated heterocycles. The zero-order chi connectivity index (χ0) is 18.3. The number of hydrogen-bond acceptors (Lipinski definition) is 4. The van der Waals surface area contributed by atoms with Crippen molar-refractivity contribution in [2.75, 3.05) is 26.2 Å². The average Bonchev–Trinajstić information content (AvgIpc) is 3.29. The summed E-state index contributed by atoms with van der Waals surface area (Å²) in [5, 5.41) is 7.57. The molecule has 0 bridgehead atoms. The van der Waals surface area contributed by atoms with Gasteiger partial charge in [0, 0.05) is 25.7 Å². The molecule has 2 aromatic rings. The van der Waals surface area contributed by atoms with Gasteiger partial charge < -0.3 is 4.90 Å². The van der Waals surface area contributed by atoms with Gasteiger partial charge in [-0.05, 0) is 31.5 Å². The van der Waals surface area contributed by atoms with Crippen molar-refractivity contribution in [3.8, 4) is 5.69 Å². The molecule has 1 aromatic carbocycles. The fourth-order valence-electron chi connectivity index (χ4n) is 3.73. The summed E-state index contributed by atoms with van der Waals surface area (Å²) in [5.74, 6) is -0.285. The Labute approximate surface area is 148 Å². The monoisotopic (exact) mass is 365 g/mol. The van der Waals surface area contributed by atoms with Crippen LogP contribution in [-0.2, 0) is 6.18 Å². The molecule has 1 unspecified atom stereocenters. The van der Waals surface area contributed by atoms with E-state index >= 15 is 0 Å². The molecule has 1 atom stereocenters. The number of halogens is 3. The van der Waals surface area contributed by atoms with Crippen molar-refractivity contribution in [2.45, 2.75) is 25.1 Å². The van der Waals surface area contributed by atoms with Crippen molar-refractivity contribution in [3.05, 3.63) is 41.7 Å². The minimum atomic E-state index is -4.51. The fourth-order valence-corrected chi connectivity index (χ4v) is 3.73. The highest BCUT2D eigenvalue weighted by atomic mass is 19.4. The van der Waals surface area contributed by atoms with E-state index in [1.54, 1.807) is 4.90 Å². The molecule has 26 heavy (non-hydrogen) atoms. The molecule has 1 amide bonds. The van der Waals surface area contributed by atoms with E-state index in [2.05, 4.69) is 15.2 Å². The molecule has 2 aliphatic rings. The van der Waals surface area contributed by atoms with Crippen LogP contribution in [-0.4, -0.2) is 62.9 Å². The molecule has 3 heterocycles. The summed E-state index contributed by atoms with van der Waals surface area (Å²) in [7, 11) is 0. The maximum Gasteiger partial charge on any atom is 0.418 e. The van der Waals surface area contributed by atoms with E-state index in [4.69, 9.17) is 0 Å². The number of benzene rings is 1. The molecule has 2 aliphatic heterocycles. The highest BCUT2D eigenvalue weighted by Crippen LogP contribution is 2.33. The van der Waals surface area contributed by atoms with Crippen molar-refractivity contribution in [3.63, 3.8) is 0 Å². The van der Waals surface area contributed by atoms with E-state index in [9.17, 15) is 18.0 Å². The lowest BCUT2D eigenvalue weighted by Crippen LogP contribution is -2.52. The number of carbonyl (C=O) groups is 1. The van der Waals surface area contributed by atoms with Crippen LogP contribution in [0.5, 0.6) is 0 Å². The quantitative estimate of drug-likeness (QED) is 0.819. The van der Waals surface area contributed by atoms with E-state index < -0.39 is 11.7 Å². The predicted molar refractivity (Wildman–Crippen MR) is 86.9 cm³/mol. The van der Waals surface area contributed by atoms with Gasteiger partial charge in [0.1, 0.15) is 0 Å². The van der Waals surface area contributed by atoms with Crippen molar-refractivity contribution in [2.24, 2.45) is 0 Å². The number of amides is 1. The molecule has 6 nitrogen and oxygen atoms in total.